The maximum absolute atomic E-state index is 13.3. The molecule has 0 saturated heterocycles. The lowest BCUT2D eigenvalue weighted by Gasteiger charge is -2.05. The molecule has 0 aliphatic carbocycles. The number of rotatable bonds is 7. The monoisotopic (exact) mass is 272 g/mol. The molecule has 1 rings (SSSR count). The third-order valence-corrected chi connectivity index (χ3v) is 2.17. The number of amides is 1. The topological polar surface area (TPSA) is 102 Å². The summed E-state index contributed by atoms with van der Waals surface area (Å²) in [5, 5.41) is 21.3. The van der Waals surface area contributed by atoms with E-state index in [1.165, 1.54) is 6.07 Å². The van der Waals surface area contributed by atoms with Gasteiger partial charge in [0.1, 0.15) is 0 Å². The van der Waals surface area contributed by atoms with Crippen LogP contribution in [0.25, 0.3) is 0 Å². The molecule has 19 heavy (non-hydrogen) atoms. The number of nitro benzene ring substituents is 1. The number of aliphatic hydroxyl groups excluding tert-OH is 1. The van der Waals surface area contributed by atoms with Crippen molar-refractivity contribution in [3.8, 4) is 0 Å². The van der Waals surface area contributed by atoms with Gasteiger partial charge in [0, 0.05) is 18.2 Å². The van der Waals surface area contributed by atoms with Crippen LogP contribution in [-0.4, -0.2) is 42.3 Å². The van der Waals surface area contributed by atoms with Crippen molar-refractivity contribution in [3.63, 3.8) is 0 Å². The number of hydrogen-bond acceptors (Lipinski definition) is 5. The molecule has 0 bridgehead atoms. The molecule has 104 valence electrons. The van der Waals surface area contributed by atoms with Crippen molar-refractivity contribution in [2.24, 2.45) is 0 Å². The van der Waals surface area contributed by atoms with Crippen LogP contribution in [0.2, 0.25) is 0 Å². The van der Waals surface area contributed by atoms with Crippen molar-refractivity contribution in [2.75, 3.05) is 26.4 Å². The van der Waals surface area contributed by atoms with Crippen molar-refractivity contribution < 1.29 is 24.0 Å². The first-order valence-electron chi connectivity index (χ1n) is 5.47. The van der Waals surface area contributed by atoms with Crippen molar-refractivity contribution in [1.82, 2.24) is 5.32 Å². The van der Waals surface area contributed by atoms with E-state index in [2.05, 4.69) is 5.32 Å². The molecule has 0 unspecified atom stereocenters. The van der Waals surface area contributed by atoms with Crippen LogP contribution in [0.15, 0.2) is 18.2 Å². The van der Waals surface area contributed by atoms with E-state index in [4.69, 9.17) is 9.84 Å². The van der Waals surface area contributed by atoms with E-state index in [1.54, 1.807) is 0 Å². The first-order chi connectivity index (χ1) is 9.06. The van der Waals surface area contributed by atoms with Crippen LogP contribution in [0, 0.1) is 15.9 Å². The summed E-state index contributed by atoms with van der Waals surface area (Å²) >= 11 is 0. The lowest BCUT2D eigenvalue weighted by Crippen LogP contribution is -2.27. The van der Waals surface area contributed by atoms with Gasteiger partial charge >= 0.3 is 5.69 Å². The van der Waals surface area contributed by atoms with Crippen molar-refractivity contribution >= 4 is 11.6 Å². The molecule has 0 radical (unpaired) electrons. The van der Waals surface area contributed by atoms with Gasteiger partial charge in [0.15, 0.2) is 0 Å². The predicted octanol–water partition coefficient (Wildman–Crippen LogP) is 0.473. The highest BCUT2D eigenvalue weighted by Gasteiger charge is 2.16. The molecule has 0 heterocycles. The molecule has 0 spiro atoms. The fourth-order valence-electron chi connectivity index (χ4n) is 1.30. The molecular weight excluding hydrogens is 259 g/mol. The summed E-state index contributed by atoms with van der Waals surface area (Å²) in [5.74, 6) is -1.62. The fourth-order valence-corrected chi connectivity index (χ4v) is 1.30. The summed E-state index contributed by atoms with van der Waals surface area (Å²) < 4.78 is 18.2. The van der Waals surface area contributed by atoms with Gasteiger partial charge in [-0.15, -0.1) is 0 Å². The van der Waals surface area contributed by atoms with E-state index in [9.17, 15) is 19.3 Å². The molecular formula is C11H13FN2O5. The lowest BCUT2D eigenvalue weighted by atomic mass is 10.2. The minimum Gasteiger partial charge on any atom is -0.394 e. The van der Waals surface area contributed by atoms with Crippen LogP contribution in [0.1, 0.15) is 10.4 Å². The maximum Gasteiger partial charge on any atom is 0.304 e. The van der Waals surface area contributed by atoms with E-state index < -0.39 is 22.3 Å². The van der Waals surface area contributed by atoms with Crippen LogP contribution < -0.4 is 5.32 Å². The Bertz CT molecular complexity index is 466. The molecule has 7 nitrogen and oxygen atoms in total. The highest BCUT2D eigenvalue weighted by Crippen LogP contribution is 2.17. The maximum atomic E-state index is 13.3. The summed E-state index contributed by atoms with van der Waals surface area (Å²) in [7, 11) is 0. The molecule has 0 saturated carbocycles. The molecule has 8 heteroatoms. The van der Waals surface area contributed by atoms with Crippen molar-refractivity contribution in [2.45, 2.75) is 0 Å². The second-order valence-corrected chi connectivity index (χ2v) is 3.52. The number of nitrogens with zero attached hydrogens (tertiary/aromatic N) is 1. The second kappa shape index (κ2) is 7.39. The van der Waals surface area contributed by atoms with E-state index in [1.807, 2.05) is 0 Å². The zero-order chi connectivity index (χ0) is 14.3. The van der Waals surface area contributed by atoms with Crippen LogP contribution in [0.5, 0.6) is 0 Å². The molecule has 0 fully saturated rings. The lowest BCUT2D eigenvalue weighted by molar-refractivity contribution is -0.387. The first kappa shape index (κ1) is 15.0. The predicted molar refractivity (Wildman–Crippen MR) is 63.3 cm³/mol. The van der Waals surface area contributed by atoms with Gasteiger partial charge in [-0.3, -0.25) is 14.9 Å². The third kappa shape index (κ3) is 4.60. The van der Waals surface area contributed by atoms with E-state index in [0.29, 0.717) is 0 Å². The van der Waals surface area contributed by atoms with Crippen molar-refractivity contribution in [1.29, 1.82) is 0 Å². The average molecular weight is 272 g/mol. The van der Waals surface area contributed by atoms with Crippen LogP contribution in [0.3, 0.4) is 0 Å². The standard InChI is InChI=1S/C11H13FN2O5/c12-9-7-8(1-2-10(9)14(17)18)11(16)13-3-5-19-6-4-15/h1-2,7,15H,3-6H2,(H,13,16). The quantitative estimate of drug-likeness (QED) is 0.427. The highest BCUT2D eigenvalue weighted by atomic mass is 19.1. The van der Waals surface area contributed by atoms with Crippen LogP contribution in [0.4, 0.5) is 10.1 Å². The third-order valence-electron chi connectivity index (χ3n) is 2.17. The number of ether oxygens (including phenoxy) is 1. The van der Waals surface area contributed by atoms with Gasteiger partial charge in [-0.05, 0) is 12.1 Å². The molecule has 0 atom stereocenters. The number of nitrogens with one attached hydrogen (secondary N) is 1. The van der Waals surface area contributed by atoms with Gasteiger partial charge in [0.05, 0.1) is 24.7 Å². The molecule has 0 aliphatic heterocycles. The normalized spacial score (nSPS) is 10.2. The Morgan fingerprint density at radius 1 is 1.47 bits per heavy atom. The summed E-state index contributed by atoms with van der Waals surface area (Å²) in [5.41, 5.74) is -0.687. The summed E-state index contributed by atoms with van der Waals surface area (Å²) in [6.45, 7) is 0.461. The number of nitro groups is 1. The SMILES string of the molecule is O=C(NCCOCCO)c1ccc([N+](=O)[O-])c(F)c1. The minimum absolute atomic E-state index is 0.00902. The number of hydrogen-bond donors (Lipinski definition) is 2. The van der Waals surface area contributed by atoms with E-state index in [-0.39, 0.29) is 31.9 Å². The fraction of sp³-hybridized carbons (Fsp3) is 0.364. The Labute approximate surface area is 108 Å². The van der Waals surface area contributed by atoms with E-state index >= 15 is 0 Å². The summed E-state index contributed by atoms with van der Waals surface area (Å²) in [4.78, 5) is 21.1. The molecule has 0 aliphatic rings. The van der Waals surface area contributed by atoms with Crippen LogP contribution in [-0.2, 0) is 4.74 Å². The molecule has 0 aromatic heterocycles. The Kier molecular flexibility index (Phi) is 5.83. The van der Waals surface area contributed by atoms with Crippen LogP contribution >= 0.6 is 0 Å². The zero-order valence-electron chi connectivity index (χ0n) is 9.97. The van der Waals surface area contributed by atoms with Gasteiger partial charge in [-0.1, -0.05) is 0 Å². The molecule has 2 N–H and O–H groups in total. The Hall–Kier alpha value is -2.06. The molecule has 1 amide bonds. The number of carbonyl (C=O) groups excluding carboxylic acids is 1. The Morgan fingerprint density at radius 2 is 2.21 bits per heavy atom. The highest BCUT2D eigenvalue weighted by molar-refractivity contribution is 5.94. The number of halogens is 1. The van der Waals surface area contributed by atoms with Gasteiger partial charge in [0.2, 0.25) is 5.82 Å². The van der Waals surface area contributed by atoms with Gasteiger partial charge in [-0.2, -0.15) is 4.39 Å². The first-order valence-corrected chi connectivity index (χ1v) is 5.47. The zero-order valence-corrected chi connectivity index (χ0v) is 9.97. The van der Waals surface area contributed by atoms with Gasteiger partial charge < -0.3 is 15.2 Å². The van der Waals surface area contributed by atoms with Crippen molar-refractivity contribution in [3.05, 3.63) is 39.7 Å². The average Bonchev–Trinajstić information content (AvgIpc) is 2.37. The summed E-state index contributed by atoms with van der Waals surface area (Å²) in [6, 6.07) is 2.92. The van der Waals surface area contributed by atoms with E-state index in [0.717, 1.165) is 12.1 Å². The molecule has 1 aromatic carbocycles. The number of benzene rings is 1. The number of aliphatic hydroxyl groups is 1. The van der Waals surface area contributed by atoms with Gasteiger partial charge in [0.25, 0.3) is 5.91 Å². The Morgan fingerprint density at radius 3 is 2.79 bits per heavy atom. The smallest absolute Gasteiger partial charge is 0.304 e. The molecule has 1 aromatic rings. The second-order valence-electron chi connectivity index (χ2n) is 3.52. The summed E-state index contributed by atoms with van der Waals surface area (Å²) in [6.07, 6.45) is 0. The Balaban J connectivity index is 2.53. The largest absolute Gasteiger partial charge is 0.394 e. The number of carbonyl (C=O) groups is 1. The van der Waals surface area contributed by atoms with Gasteiger partial charge in [-0.25, -0.2) is 0 Å². The minimum atomic E-state index is -1.06.